The molecule has 0 fully saturated rings. The molecule has 0 bridgehead atoms. The summed E-state index contributed by atoms with van der Waals surface area (Å²) in [5.41, 5.74) is 5.02. The summed E-state index contributed by atoms with van der Waals surface area (Å²) in [4.78, 5) is 15.2. The maximum Gasteiger partial charge on any atom is 0.188 e. The van der Waals surface area contributed by atoms with Crippen molar-refractivity contribution >= 4 is 18.8 Å². The number of hydrogen-bond donors (Lipinski definition) is 0. The third kappa shape index (κ3) is 3.21. The van der Waals surface area contributed by atoms with E-state index in [1.807, 2.05) is 42.4 Å². The minimum absolute atomic E-state index is 0.140. The molecule has 0 aromatic heterocycles. The van der Waals surface area contributed by atoms with E-state index in [0.717, 1.165) is 42.7 Å². The van der Waals surface area contributed by atoms with Crippen LogP contribution < -0.4 is 4.90 Å². The summed E-state index contributed by atoms with van der Waals surface area (Å²) in [6.45, 7) is 6.02. The number of carbonyl (C=O) groups excluding carboxylic acids is 1. The van der Waals surface area contributed by atoms with Crippen molar-refractivity contribution in [1.82, 2.24) is 0 Å². The third-order valence-electron chi connectivity index (χ3n) is 4.52. The van der Waals surface area contributed by atoms with Gasteiger partial charge < -0.3 is 4.90 Å². The van der Waals surface area contributed by atoms with Crippen LogP contribution in [0.3, 0.4) is 0 Å². The molecule has 0 unspecified atom stereocenters. The number of carbonyl (C=O) groups is 1. The number of rotatable bonds is 6. The minimum Gasteiger partial charge on any atom is -0.371 e. The molecule has 0 aliphatic carbocycles. The molecule has 2 aromatic rings. The lowest BCUT2D eigenvalue weighted by Gasteiger charge is -2.25. The maximum absolute atomic E-state index is 12.9. The summed E-state index contributed by atoms with van der Waals surface area (Å²) in [6, 6.07) is 16.5. The van der Waals surface area contributed by atoms with Gasteiger partial charge in [0.05, 0.1) is 0 Å². The molecular weight excluding hydrogens is 293 g/mol. The molecule has 1 aliphatic rings. The summed E-state index contributed by atoms with van der Waals surface area (Å²) < 4.78 is 0. The van der Waals surface area contributed by atoms with Crippen LogP contribution >= 0.6 is 0 Å². The van der Waals surface area contributed by atoms with Gasteiger partial charge in [-0.2, -0.15) is 0 Å². The molecule has 0 radical (unpaired) electrons. The van der Waals surface area contributed by atoms with Gasteiger partial charge >= 0.3 is 0 Å². The predicted molar refractivity (Wildman–Crippen MR) is 104 cm³/mol. The van der Waals surface area contributed by atoms with Gasteiger partial charge in [-0.1, -0.05) is 48.6 Å². The Hall–Kier alpha value is -2.55. The van der Waals surface area contributed by atoms with E-state index in [1.165, 1.54) is 5.56 Å². The van der Waals surface area contributed by atoms with Crippen LogP contribution in [0.15, 0.2) is 72.1 Å². The monoisotopic (exact) mass is 315 g/mol. The van der Waals surface area contributed by atoms with E-state index >= 15 is 0 Å². The number of allylic oxidation sites excluding steroid dienone is 3. The van der Waals surface area contributed by atoms with Crippen LogP contribution in [0, 0.1) is 0 Å². The van der Waals surface area contributed by atoms with Gasteiger partial charge in [0.2, 0.25) is 0 Å². The highest BCUT2D eigenvalue weighted by molar-refractivity contribution is 6.61. The highest BCUT2D eigenvalue weighted by Gasteiger charge is 2.20. The maximum atomic E-state index is 12.9. The number of anilines is 1. The first-order valence-electron chi connectivity index (χ1n) is 8.59. The first-order chi connectivity index (χ1) is 11.7. The predicted octanol–water partition coefficient (Wildman–Crippen LogP) is 4.23. The van der Waals surface area contributed by atoms with Gasteiger partial charge in [0.25, 0.3) is 0 Å². The quantitative estimate of drug-likeness (QED) is 0.587. The summed E-state index contributed by atoms with van der Waals surface area (Å²) in [5.74, 6) is 2.17. The van der Waals surface area contributed by atoms with Crippen molar-refractivity contribution in [3.8, 4) is 11.1 Å². The lowest BCUT2D eigenvalue weighted by atomic mass is 9.70. The molecule has 2 nitrogen and oxygen atoms in total. The normalized spacial score (nSPS) is 12.7. The van der Waals surface area contributed by atoms with E-state index in [1.54, 1.807) is 0 Å². The topological polar surface area (TPSA) is 20.3 Å². The van der Waals surface area contributed by atoms with Gasteiger partial charge in [0.1, 0.15) is 0 Å². The lowest BCUT2D eigenvalue weighted by molar-refractivity contribution is 0.104. The highest BCUT2D eigenvalue weighted by Crippen LogP contribution is 2.30. The summed E-state index contributed by atoms with van der Waals surface area (Å²) in [7, 11) is 0.733. The zero-order chi connectivity index (χ0) is 16.9. The number of ketones is 1. The molecule has 0 atom stereocenters. The third-order valence-corrected chi connectivity index (χ3v) is 4.52. The van der Waals surface area contributed by atoms with Crippen molar-refractivity contribution < 1.29 is 4.79 Å². The number of hydrogen-bond acceptors (Lipinski definition) is 2. The van der Waals surface area contributed by atoms with Gasteiger partial charge in [-0.3, -0.25) is 4.79 Å². The fourth-order valence-electron chi connectivity index (χ4n) is 3.15. The zero-order valence-electron chi connectivity index (χ0n) is 14.3. The van der Waals surface area contributed by atoms with Gasteiger partial charge in [-0.05, 0) is 42.6 Å². The molecule has 0 amide bonds. The summed E-state index contributed by atoms with van der Waals surface area (Å²) >= 11 is 0. The molecule has 0 N–H and O–H groups in total. The molecule has 3 heteroatoms. The van der Waals surface area contributed by atoms with Crippen molar-refractivity contribution in [2.45, 2.75) is 13.8 Å². The Morgan fingerprint density at radius 2 is 1.75 bits per heavy atom. The van der Waals surface area contributed by atoms with Crippen LogP contribution in [0.1, 0.15) is 24.2 Å². The van der Waals surface area contributed by atoms with Crippen LogP contribution in [-0.2, 0) is 0 Å². The first kappa shape index (κ1) is 16.3. The first-order valence-corrected chi connectivity index (χ1v) is 8.59. The Balaban J connectivity index is 2.06. The van der Waals surface area contributed by atoms with E-state index in [4.69, 9.17) is 0 Å². The van der Waals surface area contributed by atoms with Crippen LogP contribution in [0.4, 0.5) is 5.69 Å². The van der Waals surface area contributed by atoms with E-state index in [9.17, 15) is 4.79 Å². The molecule has 24 heavy (non-hydrogen) atoms. The number of benzene rings is 2. The second-order valence-corrected chi connectivity index (χ2v) is 5.92. The van der Waals surface area contributed by atoms with Gasteiger partial charge in [0.15, 0.2) is 13.1 Å². The Morgan fingerprint density at radius 1 is 1.00 bits per heavy atom. The average Bonchev–Trinajstić information content (AvgIpc) is 3.17. The largest absolute Gasteiger partial charge is 0.371 e. The summed E-state index contributed by atoms with van der Waals surface area (Å²) in [5, 5.41) is 0. The van der Waals surface area contributed by atoms with Crippen LogP contribution in [-0.4, -0.2) is 26.2 Å². The standard InChI is InChI=1S/C21H22BNO/c1-3-23(4-2)20-15-17(16-9-6-5-7-10-16)12-13-18(20)21(24)19-11-8-14-22-19/h5-15,22H,3-4H2,1-2H3. The smallest absolute Gasteiger partial charge is 0.188 e. The van der Waals surface area contributed by atoms with Gasteiger partial charge in [0, 0.05) is 24.3 Å². The Morgan fingerprint density at radius 3 is 2.38 bits per heavy atom. The molecule has 0 saturated carbocycles. The second kappa shape index (κ2) is 7.35. The minimum atomic E-state index is 0.140. The molecule has 1 aliphatic heterocycles. The lowest BCUT2D eigenvalue weighted by Crippen LogP contribution is -2.24. The van der Waals surface area contributed by atoms with Crippen LogP contribution in [0.5, 0.6) is 0 Å². The highest BCUT2D eigenvalue weighted by atomic mass is 16.1. The fraction of sp³-hybridized carbons (Fsp3) is 0.190. The SMILES string of the molecule is CCN(CC)c1cc(-c2ccccc2)ccc1C(=O)C1=CC=CB1. The van der Waals surface area contributed by atoms with Crippen LogP contribution in [0.2, 0.25) is 0 Å². The molecule has 0 saturated heterocycles. The van der Waals surface area contributed by atoms with Crippen molar-refractivity contribution in [3.63, 3.8) is 0 Å². The molecule has 120 valence electrons. The Kier molecular flexibility index (Phi) is 5.00. The van der Waals surface area contributed by atoms with Crippen LogP contribution in [0.25, 0.3) is 11.1 Å². The van der Waals surface area contributed by atoms with Crippen molar-refractivity contribution in [1.29, 1.82) is 0 Å². The fourth-order valence-corrected chi connectivity index (χ4v) is 3.15. The van der Waals surface area contributed by atoms with Gasteiger partial charge in [-0.15, -0.1) is 5.98 Å². The molecule has 2 aromatic carbocycles. The molecule has 0 spiro atoms. The average molecular weight is 315 g/mol. The van der Waals surface area contributed by atoms with Gasteiger partial charge in [-0.25, -0.2) is 0 Å². The number of Topliss-reactive ketones (excluding diaryl/α,β-unsaturated/α-hetero) is 1. The Labute approximate surface area is 144 Å². The molecular formula is C21H22BNO. The van der Waals surface area contributed by atoms with Crippen molar-refractivity contribution in [3.05, 3.63) is 77.7 Å². The Bertz CT molecular complexity index is 789. The second-order valence-electron chi connectivity index (χ2n) is 5.92. The van der Waals surface area contributed by atoms with E-state index < -0.39 is 0 Å². The van der Waals surface area contributed by atoms with E-state index in [0.29, 0.717) is 0 Å². The number of nitrogens with zero attached hydrogens (tertiary/aromatic N) is 1. The summed E-state index contributed by atoms with van der Waals surface area (Å²) in [6.07, 6.45) is 3.89. The van der Waals surface area contributed by atoms with Crippen molar-refractivity contribution in [2.75, 3.05) is 18.0 Å². The zero-order valence-corrected chi connectivity index (χ0v) is 14.3. The van der Waals surface area contributed by atoms with E-state index in [2.05, 4.69) is 43.0 Å². The van der Waals surface area contributed by atoms with Crippen molar-refractivity contribution in [2.24, 2.45) is 0 Å². The van der Waals surface area contributed by atoms with E-state index in [-0.39, 0.29) is 5.78 Å². The molecule has 3 rings (SSSR count). The molecule has 1 heterocycles.